The Morgan fingerprint density at radius 3 is 2.12 bits per heavy atom. The lowest BCUT2D eigenvalue weighted by Crippen LogP contribution is -2.34. The van der Waals surface area contributed by atoms with E-state index in [1.807, 2.05) is 0 Å². The summed E-state index contributed by atoms with van der Waals surface area (Å²) in [6.45, 7) is 5.99. The molecule has 0 radical (unpaired) electrons. The van der Waals surface area contributed by atoms with E-state index in [9.17, 15) is 14.4 Å². The Bertz CT molecular complexity index is 274. The van der Waals surface area contributed by atoms with Gasteiger partial charge in [-0.2, -0.15) is 0 Å². The molecule has 16 heavy (non-hydrogen) atoms. The first-order chi connectivity index (χ1) is 7.32. The summed E-state index contributed by atoms with van der Waals surface area (Å²) in [6.07, 6.45) is -1.76. The van der Waals surface area contributed by atoms with Gasteiger partial charge in [0.25, 0.3) is 0 Å². The van der Waals surface area contributed by atoms with Crippen LogP contribution in [-0.2, 0) is 19.1 Å². The summed E-state index contributed by atoms with van der Waals surface area (Å²) in [4.78, 5) is 32.7. The molecule has 0 spiro atoms. The third-order valence-corrected chi connectivity index (χ3v) is 1.66. The zero-order chi connectivity index (χ0) is 12.7. The smallest absolute Gasteiger partial charge is 0.410 e. The van der Waals surface area contributed by atoms with Crippen LogP contribution in [0.3, 0.4) is 0 Å². The van der Waals surface area contributed by atoms with Crippen LogP contribution in [0.4, 0.5) is 4.79 Å². The Labute approximate surface area is 94.3 Å². The molecule has 0 aromatic rings. The van der Waals surface area contributed by atoms with Gasteiger partial charge in [0.15, 0.2) is 5.78 Å². The molecule has 6 heteroatoms. The van der Waals surface area contributed by atoms with Crippen molar-refractivity contribution in [2.24, 2.45) is 5.92 Å². The van der Waals surface area contributed by atoms with E-state index in [1.54, 1.807) is 13.8 Å². The van der Waals surface area contributed by atoms with Crippen molar-refractivity contribution in [3.05, 3.63) is 0 Å². The average Bonchev–Trinajstić information content (AvgIpc) is 2.12. The first-order valence-corrected chi connectivity index (χ1v) is 4.97. The van der Waals surface area contributed by atoms with Crippen LogP contribution in [0.25, 0.3) is 0 Å². The first-order valence-electron chi connectivity index (χ1n) is 4.97. The van der Waals surface area contributed by atoms with Crippen LogP contribution in [0.2, 0.25) is 0 Å². The number of hydrogen-bond acceptors (Lipinski definition) is 5. The van der Waals surface area contributed by atoms with Gasteiger partial charge in [0.1, 0.15) is 0 Å². The van der Waals surface area contributed by atoms with Crippen molar-refractivity contribution in [2.45, 2.75) is 34.0 Å². The topological polar surface area (TPSA) is 81.7 Å². The molecule has 0 rings (SSSR count). The van der Waals surface area contributed by atoms with Gasteiger partial charge in [0, 0.05) is 19.8 Å². The number of hydrogen-bond donors (Lipinski definition) is 1. The van der Waals surface area contributed by atoms with Crippen molar-refractivity contribution in [3.63, 3.8) is 0 Å². The minimum absolute atomic E-state index is 0.0940. The van der Waals surface area contributed by atoms with E-state index in [2.05, 4.69) is 14.8 Å². The van der Waals surface area contributed by atoms with Gasteiger partial charge in [0.2, 0.25) is 6.29 Å². The van der Waals surface area contributed by atoms with E-state index in [4.69, 9.17) is 0 Å². The number of ketones is 1. The number of alkyl carbamates (subject to hydrolysis) is 1. The molecule has 92 valence electrons. The standard InChI is InChI=1S/C10H17NO5/c1-6(2)9(13)5-11-10(14)16-8(4)15-7(3)12/h6,8H,5H2,1-4H3,(H,11,14). The highest BCUT2D eigenvalue weighted by Gasteiger charge is 2.13. The largest absolute Gasteiger partial charge is 0.426 e. The number of carbonyl (C=O) groups excluding carboxylic acids is 3. The van der Waals surface area contributed by atoms with E-state index in [0.717, 1.165) is 0 Å². The molecule has 0 saturated carbocycles. The predicted octanol–water partition coefficient (Wildman–Crippen LogP) is 0.847. The fourth-order valence-electron chi connectivity index (χ4n) is 0.814. The van der Waals surface area contributed by atoms with Crippen LogP contribution in [-0.4, -0.2) is 30.7 Å². The van der Waals surface area contributed by atoms with Crippen LogP contribution < -0.4 is 5.32 Å². The molecule has 1 N–H and O–H groups in total. The zero-order valence-corrected chi connectivity index (χ0v) is 9.90. The van der Waals surface area contributed by atoms with E-state index in [0.29, 0.717) is 0 Å². The summed E-state index contributed by atoms with van der Waals surface area (Å²) in [6, 6.07) is 0. The molecule has 1 unspecified atom stereocenters. The van der Waals surface area contributed by atoms with Gasteiger partial charge < -0.3 is 14.8 Å². The molecular weight excluding hydrogens is 214 g/mol. The molecule has 6 nitrogen and oxygen atoms in total. The lowest BCUT2D eigenvalue weighted by molar-refractivity contribution is -0.162. The van der Waals surface area contributed by atoms with Gasteiger partial charge in [0.05, 0.1) is 6.54 Å². The predicted molar refractivity (Wildman–Crippen MR) is 55.6 cm³/mol. The number of ether oxygens (including phenoxy) is 2. The molecule has 0 aromatic carbocycles. The summed E-state index contributed by atoms with van der Waals surface area (Å²) < 4.78 is 9.21. The first kappa shape index (κ1) is 14.4. The van der Waals surface area contributed by atoms with Gasteiger partial charge in [-0.3, -0.25) is 9.59 Å². The van der Waals surface area contributed by atoms with Gasteiger partial charge in [-0.1, -0.05) is 13.8 Å². The van der Waals surface area contributed by atoms with Crippen LogP contribution in [0, 0.1) is 5.92 Å². The average molecular weight is 231 g/mol. The quantitative estimate of drug-likeness (QED) is 0.560. The van der Waals surface area contributed by atoms with Crippen molar-refractivity contribution in [2.75, 3.05) is 6.54 Å². The molecule has 1 atom stereocenters. The number of nitrogens with one attached hydrogen (secondary N) is 1. The van der Waals surface area contributed by atoms with Crippen LogP contribution in [0.5, 0.6) is 0 Å². The fourth-order valence-corrected chi connectivity index (χ4v) is 0.814. The third kappa shape index (κ3) is 6.80. The molecule has 0 aliphatic carbocycles. The van der Waals surface area contributed by atoms with Crippen molar-refractivity contribution >= 4 is 17.8 Å². The SMILES string of the molecule is CC(=O)OC(C)OC(=O)NCC(=O)C(C)C. The molecule has 0 aliphatic rings. The van der Waals surface area contributed by atoms with E-state index in [-0.39, 0.29) is 18.2 Å². The van der Waals surface area contributed by atoms with Gasteiger partial charge in [-0.05, 0) is 0 Å². The lowest BCUT2D eigenvalue weighted by atomic mass is 10.1. The summed E-state index contributed by atoms with van der Waals surface area (Å²) in [5.41, 5.74) is 0. The zero-order valence-electron chi connectivity index (χ0n) is 9.90. The van der Waals surface area contributed by atoms with Gasteiger partial charge >= 0.3 is 12.1 Å². The second-order valence-electron chi connectivity index (χ2n) is 3.56. The highest BCUT2D eigenvalue weighted by atomic mass is 16.7. The van der Waals surface area contributed by atoms with Gasteiger partial charge in [-0.15, -0.1) is 0 Å². The molecule has 0 aromatic heterocycles. The van der Waals surface area contributed by atoms with Crippen molar-refractivity contribution in [1.29, 1.82) is 0 Å². The Hall–Kier alpha value is -1.59. The van der Waals surface area contributed by atoms with E-state index < -0.39 is 18.4 Å². The highest BCUT2D eigenvalue weighted by molar-refractivity contribution is 5.85. The Morgan fingerprint density at radius 1 is 1.12 bits per heavy atom. The molecule has 1 amide bonds. The number of carbonyl (C=O) groups is 3. The molecule has 0 heterocycles. The summed E-state index contributed by atoms with van der Waals surface area (Å²) in [7, 11) is 0. The third-order valence-electron chi connectivity index (χ3n) is 1.66. The van der Waals surface area contributed by atoms with Crippen molar-refractivity contribution in [3.8, 4) is 0 Å². The lowest BCUT2D eigenvalue weighted by Gasteiger charge is -2.13. The maximum absolute atomic E-state index is 11.2. The second kappa shape index (κ2) is 6.81. The van der Waals surface area contributed by atoms with E-state index in [1.165, 1.54) is 13.8 Å². The number of rotatable bonds is 5. The molecule has 0 fully saturated rings. The summed E-state index contributed by atoms with van der Waals surface area (Å²) >= 11 is 0. The van der Waals surface area contributed by atoms with E-state index >= 15 is 0 Å². The fraction of sp³-hybridized carbons (Fsp3) is 0.700. The number of esters is 1. The monoisotopic (exact) mass is 231 g/mol. The van der Waals surface area contributed by atoms with Crippen molar-refractivity contribution in [1.82, 2.24) is 5.32 Å². The Morgan fingerprint density at radius 2 is 1.69 bits per heavy atom. The van der Waals surface area contributed by atoms with Crippen LogP contribution in [0.1, 0.15) is 27.7 Å². The Balaban J connectivity index is 3.82. The Kier molecular flexibility index (Phi) is 6.14. The molecule has 0 bridgehead atoms. The highest BCUT2D eigenvalue weighted by Crippen LogP contribution is 1.96. The molecule has 0 saturated heterocycles. The minimum Gasteiger partial charge on any atom is -0.426 e. The molecular formula is C10H17NO5. The van der Waals surface area contributed by atoms with Gasteiger partial charge in [-0.25, -0.2) is 4.79 Å². The molecule has 0 aliphatic heterocycles. The maximum atomic E-state index is 11.2. The minimum atomic E-state index is -0.966. The van der Waals surface area contributed by atoms with Crippen molar-refractivity contribution < 1.29 is 23.9 Å². The number of Topliss-reactive ketones (excluding diaryl/α,β-unsaturated/α-hetero) is 1. The normalized spacial score (nSPS) is 11.8. The summed E-state index contributed by atoms with van der Waals surface area (Å²) in [5.74, 6) is -0.790. The van der Waals surface area contributed by atoms with Crippen LogP contribution in [0.15, 0.2) is 0 Å². The maximum Gasteiger partial charge on any atom is 0.410 e. The summed E-state index contributed by atoms with van der Waals surface area (Å²) in [5, 5.41) is 2.27. The number of amides is 1. The second-order valence-corrected chi connectivity index (χ2v) is 3.56. The van der Waals surface area contributed by atoms with Crippen LogP contribution >= 0.6 is 0 Å².